The molecule has 2 amide bonds. The molecule has 5 rings (SSSR count). The van der Waals surface area contributed by atoms with Crippen molar-refractivity contribution in [2.24, 2.45) is 0 Å². The number of halogens is 3. The van der Waals surface area contributed by atoms with E-state index in [4.69, 9.17) is 9.47 Å². The van der Waals surface area contributed by atoms with Crippen LogP contribution in [0, 0.1) is 0 Å². The van der Waals surface area contributed by atoms with Crippen molar-refractivity contribution >= 4 is 40.3 Å². The largest absolute Gasteiger partial charge is 0.457 e. The van der Waals surface area contributed by atoms with Crippen LogP contribution in [0.3, 0.4) is 0 Å². The fourth-order valence-electron chi connectivity index (χ4n) is 4.02. The second-order valence-corrected chi connectivity index (χ2v) is 9.91. The minimum Gasteiger partial charge on any atom is -0.457 e. The SMILES string of the molecule is CC(C)(C)OC(=O)n1nc(C(=O)Nc2ccc(Oc3ccnc4c3CC(=O)N4)cc2)c2cc(C(F)(F)F)ccc21. The molecule has 0 atom stereocenters. The summed E-state index contributed by atoms with van der Waals surface area (Å²) in [5.74, 6) is 0.246. The highest BCUT2D eigenvalue weighted by Crippen LogP contribution is 2.34. The summed E-state index contributed by atoms with van der Waals surface area (Å²) in [7, 11) is 0. The van der Waals surface area contributed by atoms with Gasteiger partial charge in [0.25, 0.3) is 5.91 Å². The molecule has 4 aromatic rings. The molecule has 0 bridgehead atoms. The number of carbonyl (C=O) groups excluding carboxylic acids is 3. The number of fused-ring (bicyclic) bond motifs is 2. The Hall–Kier alpha value is -4.94. The van der Waals surface area contributed by atoms with Gasteiger partial charge < -0.3 is 20.1 Å². The summed E-state index contributed by atoms with van der Waals surface area (Å²) in [4.78, 5) is 41.6. The van der Waals surface area contributed by atoms with Crippen molar-refractivity contribution in [2.75, 3.05) is 10.6 Å². The van der Waals surface area contributed by atoms with Gasteiger partial charge in [-0.2, -0.15) is 23.0 Å². The third-order valence-corrected chi connectivity index (χ3v) is 5.74. The maximum atomic E-state index is 13.4. The van der Waals surface area contributed by atoms with Gasteiger partial charge >= 0.3 is 12.3 Å². The highest BCUT2D eigenvalue weighted by Gasteiger charge is 2.33. The van der Waals surface area contributed by atoms with Gasteiger partial charge in [-0.15, -0.1) is 0 Å². The molecule has 1 aliphatic rings. The van der Waals surface area contributed by atoms with Crippen LogP contribution in [0.2, 0.25) is 0 Å². The molecule has 0 unspecified atom stereocenters. The number of nitrogens with zero attached hydrogens (tertiary/aromatic N) is 3. The molecule has 10 nitrogen and oxygen atoms in total. The summed E-state index contributed by atoms with van der Waals surface area (Å²) in [5.41, 5.74) is -1.41. The minimum atomic E-state index is -4.68. The van der Waals surface area contributed by atoms with Crippen molar-refractivity contribution in [3.63, 3.8) is 0 Å². The molecule has 40 heavy (non-hydrogen) atoms. The van der Waals surface area contributed by atoms with Gasteiger partial charge in [-0.1, -0.05) is 0 Å². The lowest BCUT2D eigenvalue weighted by atomic mass is 10.1. The van der Waals surface area contributed by atoms with Gasteiger partial charge in [-0.25, -0.2) is 9.78 Å². The number of aromatic nitrogens is 3. The molecule has 0 saturated carbocycles. The minimum absolute atomic E-state index is 0.0194. The molecule has 2 aromatic carbocycles. The smallest absolute Gasteiger partial charge is 0.435 e. The van der Waals surface area contributed by atoms with Gasteiger partial charge in [-0.3, -0.25) is 9.59 Å². The Balaban J connectivity index is 1.41. The van der Waals surface area contributed by atoms with Gasteiger partial charge in [0.1, 0.15) is 22.9 Å². The first-order valence-corrected chi connectivity index (χ1v) is 12.0. The highest BCUT2D eigenvalue weighted by atomic mass is 19.4. The van der Waals surface area contributed by atoms with Crippen molar-refractivity contribution in [1.82, 2.24) is 14.8 Å². The van der Waals surface area contributed by atoms with E-state index in [1.54, 1.807) is 39.0 Å². The Morgan fingerprint density at radius 3 is 2.45 bits per heavy atom. The van der Waals surface area contributed by atoms with Crippen LogP contribution in [0.25, 0.3) is 10.9 Å². The van der Waals surface area contributed by atoms with E-state index >= 15 is 0 Å². The Bertz CT molecular complexity index is 1660. The molecule has 2 aromatic heterocycles. The standard InChI is InChI=1S/C27H22F3N5O5/c1-26(2,3)40-25(38)35-19-9-4-14(27(28,29)30)12-17(19)22(34-35)24(37)32-15-5-7-16(8-6-15)39-20-10-11-31-23-18(20)13-21(36)33-23/h4-12H,13H2,1-3H3,(H,32,37)(H,31,33,36). The van der Waals surface area contributed by atoms with E-state index in [1.165, 1.54) is 18.3 Å². The zero-order valence-corrected chi connectivity index (χ0v) is 21.4. The summed E-state index contributed by atoms with van der Waals surface area (Å²) in [6.45, 7) is 4.87. The molecule has 13 heteroatoms. The molecule has 206 valence electrons. The van der Waals surface area contributed by atoms with Crippen molar-refractivity contribution in [3.8, 4) is 11.5 Å². The van der Waals surface area contributed by atoms with Crippen molar-refractivity contribution in [2.45, 2.75) is 39.0 Å². The zero-order chi connectivity index (χ0) is 28.8. The maximum Gasteiger partial charge on any atom is 0.435 e. The summed E-state index contributed by atoms with van der Waals surface area (Å²) in [6.07, 6.45) is -3.99. The summed E-state index contributed by atoms with van der Waals surface area (Å²) in [5, 5.41) is 9.05. The average Bonchev–Trinajstić information content (AvgIpc) is 3.44. The van der Waals surface area contributed by atoms with E-state index in [9.17, 15) is 27.6 Å². The molecule has 1 aliphatic heterocycles. The monoisotopic (exact) mass is 553 g/mol. The molecule has 3 heterocycles. The fourth-order valence-corrected chi connectivity index (χ4v) is 4.02. The molecular weight excluding hydrogens is 531 g/mol. The third kappa shape index (κ3) is 5.44. The van der Waals surface area contributed by atoms with Crippen molar-refractivity contribution in [1.29, 1.82) is 0 Å². The Morgan fingerprint density at radius 2 is 1.77 bits per heavy atom. The molecule has 0 saturated heterocycles. The lowest BCUT2D eigenvalue weighted by Gasteiger charge is -2.19. The van der Waals surface area contributed by atoms with Gasteiger partial charge in [0.2, 0.25) is 5.91 Å². The number of carbonyl (C=O) groups is 3. The first-order valence-electron chi connectivity index (χ1n) is 12.0. The molecule has 2 N–H and O–H groups in total. The van der Waals surface area contributed by atoms with Crippen LogP contribution in [0.15, 0.2) is 54.7 Å². The number of pyridine rings is 1. The van der Waals surface area contributed by atoms with E-state index < -0.39 is 35.0 Å². The van der Waals surface area contributed by atoms with Gasteiger partial charge in [-0.05, 0) is 69.3 Å². The van der Waals surface area contributed by atoms with E-state index in [-0.39, 0.29) is 23.2 Å². The number of ether oxygens (including phenoxy) is 2. The second kappa shape index (κ2) is 9.67. The van der Waals surface area contributed by atoms with Crippen LogP contribution >= 0.6 is 0 Å². The van der Waals surface area contributed by atoms with E-state index in [0.717, 1.165) is 22.9 Å². The topological polar surface area (TPSA) is 124 Å². The first kappa shape index (κ1) is 26.7. The third-order valence-electron chi connectivity index (χ3n) is 5.74. The fraction of sp³-hybridized carbons (Fsp3) is 0.222. The molecule has 0 fully saturated rings. The number of hydrogen-bond acceptors (Lipinski definition) is 7. The lowest BCUT2D eigenvalue weighted by molar-refractivity contribution is -0.137. The average molecular weight is 553 g/mol. The quantitative estimate of drug-likeness (QED) is 0.329. The van der Waals surface area contributed by atoms with Crippen LogP contribution in [0.4, 0.5) is 29.5 Å². The van der Waals surface area contributed by atoms with Crippen molar-refractivity contribution in [3.05, 3.63) is 71.5 Å². The normalized spacial score (nSPS) is 13.1. The molecule has 0 spiro atoms. The Kier molecular flexibility index (Phi) is 6.44. The van der Waals surface area contributed by atoms with E-state index in [1.807, 2.05) is 0 Å². The number of hydrogen-bond donors (Lipinski definition) is 2. The number of rotatable bonds is 4. The molecular formula is C27H22F3N5O5. The van der Waals surface area contributed by atoms with Gasteiger partial charge in [0, 0.05) is 22.8 Å². The number of anilines is 2. The lowest BCUT2D eigenvalue weighted by Crippen LogP contribution is -2.28. The number of nitrogens with one attached hydrogen (secondary N) is 2. The molecule has 0 aliphatic carbocycles. The Morgan fingerprint density at radius 1 is 1.05 bits per heavy atom. The van der Waals surface area contributed by atoms with E-state index in [0.29, 0.717) is 28.6 Å². The summed E-state index contributed by atoms with van der Waals surface area (Å²) in [6, 6.07) is 10.4. The summed E-state index contributed by atoms with van der Waals surface area (Å²) >= 11 is 0. The van der Waals surface area contributed by atoms with Crippen molar-refractivity contribution < 1.29 is 37.0 Å². The number of benzene rings is 2. The van der Waals surface area contributed by atoms with Crippen LogP contribution < -0.4 is 15.4 Å². The highest BCUT2D eigenvalue weighted by molar-refractivity contribution is 6.12. The van der Waals surface area contributed by atoms with Crippen LogP contribution in [0.1, 0.15) is 42.4 Å². The number of amides is 2. The first-order chi connectivity index (χ1) is 18.8. The predicted molar refractivity (Wildman–Crippen MR) is 137 cm³/mol. The van der Waals surface area contributed by atoms with Gasteiger partial charge in [0.05, 0.1) is 17.5 Å². The summed E-state index contributed by atoms with van der Waals surface area (Å²) < 4.78 is 52.2. The van der Waals surface area contributed by atoms with Crippen LogP contribution in [0.5, 0.6) is 11.5 Å². The maximum absolute atomic E-state index is 13.4. The van der Waals surface area contributed by atoms with E-state index in [2.05, 4.69) is 20.7 Å². The zero-order valence-electron chi connectivity index (χ0n) is 21.4. The predicted octanol–water partition coefficient (Wildman–Crippen LogP) is 5.77. The molecule has 0 radical (unpaired) electrons. The van der Waals surface area contributed by atoms with Gasteiger partial charge in [0.15, 0.2) is 5.69 Å². The van der Waals surface area contributed by atoms with Crippen LogP contribution in [-0.2, 0) is 22.1 Å². The second-order valence-electron chi connectivity index (χ2n) is 9.91. The number of alkyl halides is 3. The Labute approximate surface area is 225 Å². The van der Waals surface area contributed by atoms with Crippen LogP contribution in [-0.4, -0.2) is 38.3 Å².